The summed E-state index contributed by atoms with van der Waals surface area (Å²) in [7, 11) is 0. The molecule has 1 aliphatic rings. The Kier molecular flexibility index (Phi) is 5.99. The summed E-state index contributed by atoms with van der Waals surface area (Å²) in [4.78, 5) is 26.2. The first-order valence-corrected chi connectivity index (χ1v) is 11.3. The zero-order chi connectivity index (χ0) is 22.6. The molecule has 8 heteroatoms. The van der Waals surface area contributed by atoms with Gasteiger partial charge in [0.25, 0.3) is 0 Å². The van der Waals surface area contributed by atoms with Crippen molar-refractivity contribution < 1.29 is 4.79 Å². The molecule has 2 aromatic carbocycles. The minimum Gasteiger partial charge on any atom is -0.348 e. The molecular formula is C25H27N7O. The summed E-state index contributed by atoms with van der Waals surface area (Å²) in [6.45, 7) is 3.86. The predicted molar refractivity (Wildman–Crippen MR) is 129 cm³/mol. The van der Waals surface area contributed by atoms with Crippen molar-refractivity contribution in [1.29, 1.82) is 0 Å². The second-order valence-corrected chi connectivity index (χ2v) is 8.35. The molecule has 0 bridgehead atoms. The van der Waals surface area contributed by atoms with E-state index < -0.39 is 0 Å². The Hall–Kier alpha value is -3.78. The average Bonchev–Trinajstić information content (AvgIpc) is 3.28. The Morgan fingerprint density at radius 1 is 1.09 bits per heavy atom. The average molecular weight is 442 g/mol. The third kappa shape index (κ3) is 4.70. The molecule has 3 N–H and O–H groups in total. The molecule has 0 spiro atoms. The summed E-state index contributed by atoms with van der Waals surface area (Å²) in [5, 5.41) is 9.70. The van der Waals surface area contributed by atoms with Crippen molar-refractivity contribution in [3.8, 4) is 5.82 Å². The van der Waals surface area contributed by atoms with E-state index in [0.717, 1.165) is 48.5 Å². The molecule has 1 atom stereocenters. The van der Waals surface area contributed by atoms with E-state index in [0.29, 0.717) is 5.95 Å². The molecule has 0 saturated carbocycles. The lowest BCUT2D eigenvalue weighted by Gasteiger charge is -2.21. The third-order valence-corrected chi connectivity index (χ3v) is 6.06. The van der Waals surface area contributed by atoms with Crippen LogP contribution in [0.25, 0.3) is 16.9 Å². The van der Waals surface area contributed by atoms with E-state index >= 15 is 0 Å². The minimum absolute atomic E-state index is 0.0599. The Labute approximate surface area is 192 Å². The number of amides is 1. The van der Waals surface area contributed by atoms with Gasteiger partial charge in [-0.05, 0) is 62.7 Å². The molecule has 0 radical (unpaired) electrons. The molecule has 1 amide bonds. The Morgan fingerprint density at radius 2 is 1.91 bits per heavy atom. The number of fused-ring (bicyclic) bond motifs is 1. The molecule has 1 saturated heterocycles. The van der Waals surface area contributed by atoms with Crippen LogP contribution in [0.1, 0.15) is 31.4 Å². The number of benzene rings is 2. The number of piperidine rings is 1. The highest BCUT2D eigenvalue weighted by Gasteiger charge is 2.21. The molecular weight excluding hydrogens is 414 g/mol. The van der Waals surface area contributed by atoms with E-state index in [2.05, 4.69) is 50.0 Å². The number of rotatable bonds is 6. The number of anilines is 2. The first kappa shape index (κ1) is 21.1. The monoisotopic (exact) mass is 441 g/mol. The number of carbonyl (C=O) groups excluding carboxylic acids is 1. The van der Waals surface area contributed by atoms with Gasteiger partial charge in [0.05, 0.1) is 17.1 Å². The van der Waals surface area contributed by atoms with Crippen LogP contribution in [0.3, 0.4) is 0 Å². The van der Waals surface area contributed by atoms with Gasteiger partial charge in [-0.15, -0.1) is 0 Å². The van der Waals surface area contributed by atoms with Crippen molar-refractivity contribution >= 4 is 28.6 Å². The summed E-state index contributed by atoms with van der Waals surface area (Å²) in [6.07, 6.45) is 5.23. The number of hydrogen-bond acceptors (Lipinski definition) is 6. The smallest absolute Gasteiger partial charge is 0.227 e. The summed E-state index contributed by atoms with van der Waals surface area (Å²) in [5.41, 5.74) is 3.64. The second kappa shape index (κ2) is 9.38. The van der Waals surface area contributed by atoms with Gasteiger partial charge in [-0.25, -0.2) is 9.97 Å². The van der Waals surface area contributed by atoms with E-state index in [1.807, 2.05) is 47.0 Å². The molecule has 3 heterocycles. The Bertz CT molecular complexity index is 1250. The quantitative estimate of drug-likeness (QED) is 0.420. The van der Waals surface area contributed by atoms with Gasteiger partial charge >= 0.3 is 0 Å². The molecule has 1 fully saturated rings. The summed E-state index contributed by atoms with van der Waals surface area (Å²) < 4.78 is 1.92. The molecule has 33 heavy (non-hydrogen) atoms. The fourth-order valence-corrected chi connectivity index (χ4v) is 4.17. The lowest BCUT2D eigenvalue weighted by Crippen LogP contribution is -2.34. The maximum absolute atomic E-state index is 12.6. The summed E-state index contributed by atoms with van der Waals surface area (Å²) in [6, 6.07) is 17.9. The van der Waals surface area contributed by atoms with Gasteiger partial charge in [0.1, 0.15) is 12.1 Å². The van der Waals surface area contributed by atoms with E-state index in [1.54, 1.807) is 12.5 Å². The fourth-order valence-electron chi connectivity index (χ4n) is 4.17. The van der Waals surface area contributed by atoms with Crippen LogP contribution < -0.4 is 16.0 Å². The van der Waals surface area contributed by atoms with Gasteiger partial charge in [0, 0.05) is 17.8 Å². The molecule has 0 aliphatic carbocycles. The normalized spacial score (nSPS) is 15.3. The van der Waals surface area contributed by atoms with Crippen LogP contribution in [-0.2, 0) is 4.79 Å². The van der Waals surface area contributed by atoms with Crippen molar-refractivity contribution in [3.63, 3.8) is 0 Å². The van der Waals surface area contributed by atoms with Crippen LogP contribution in [0, 0.1) is 5.92 Å². The van der Waals surface area contributed by atoms with Gasteiger partial charge in [-0.3, -0.25) is 9.36 Å². The standard InChI is InChI=1S/C25H27N7O/c1-17(18-5-3-2-4-6-18)29-25-27-14-11-23(31-25)32-16-28-21-15-20(7-8-22(21)32)30-24(33)19-9-12-26-13-10-19/h2-8,11,14-17,19,26H,9-10,12-13H2,1H3,(H,30,33)(H,27,29,31). The van der Waals surface area contributed by atoms with Crippen LogP contribution in [0.15, 0.2) is 67.1 Å². The van der Waals surface area contributed by atoms with Gasteiger partial charge in [0.15, 0.2) is 0 Å². The van der Waals surface area contributed by atoms with Crippen LogP contribution in [-0.4, -0.2) is 38.5 Å². The van der Waals surface area contributed by atoms with Crippen molar-refractivity contribution in [3.05, 3.63) is 72.7 Å². The lowest BCUT2D eigenvalue weighted by molar-refractivity contribution is -0.120. The van der Waals surface area contributed by atoms with E-state index in [1.165, 1.54) is 5.56 Å². The zero-order valence-electron chi connectivity index (χ0n) is 18.5. The Morgan fingerprint density at radius 3 is 2.73 bits per heavy atom. The molecule has 2 aromatic heterocycles. The number of imidazole rings is 1. The molecule has 168 valence electrons. The number of carbonyl (C=O) groups is 1. The molecule has 8 nitrogen and oxygen atoms in total. The summed E-state index contributed by atoms with van der Waals surface area (Å²) in [5.74, 6) is 1.41. The SMILES string of the molecule is CC(Nc1nccc(-n2cnc3cc(NC(=O)C4CCNCC4)ccc32)n1)c1ccccc1. The summed E-state index contributed by atoms with van der Waals surface area (Å²) >= 11 is 0. The van der Waals surface area contributed by atoms with Gasteiger partial charge < -0.3 is 16.0 Å². The van der Waals surface area contributed by atoms with Gasteiger partial charge in [-0.1, -0.05) is 30.3 Å². The highest BCUT2D eigenvalue weighted by molar-refractivity contribution is 5.94. The first-order chi connectivity index (χ1) is 16.2. The van der Waals surface area contributed by atoms with Crippen molar-refractivity contribution in [2.75, 3.05) is 23.7 Å². The van der Waals surface area contributed by atoms with Crippen LogP contribution >= 0.6 is 0 Å². The van der Waals surface area contributed by atoms with Crippen molar-refractivity contribution in [2.24, 2.45) is 5.92 Å². The number of nitrogens with one attached hydrogen (secondary N) is 3. The minimum atomic E-state index is 0.0599. The highest BCUT2D eigenvalue weighted by Crippen LogP contribution is 2.23. The lowest BCUT2D eigenvalue weighted by atomic mass is 9.97. The number of aromatic nitrogens is 4. The number of hydrogen-bond donors (Lipinski definition) is 3. The highest BCUT2D eigenvalue weighted by atomic mass is 16.1. The van der Waals surface area contributed by atoms with Gasteiger partial charge in [-0.2, -0.15) is 4.98 Å². The molecule has 4 aromatic rings. The second-order valence-electron chi connectivity index (χ2n) is 8.35. The maximum Gasteiger partial charge on any atom is 0.227 e. The maximum atomic E-state index is 12.6. The van der Waals surface area contributed by atoms with Crippen LogP contribution in [0.2, 0.25) is 0 Å². The molecule has 1 aliphatic heterocycles. The molecule has 5 rings (SSSR count). The number of nitrogens with zero attached hydrogens (tertiary/aromatic N) is 4. The van der Waals surface area contributed by atoms with Crippen LogP contribution in [0.5, 0.6) is 0 Å². The first-order valence-electron chi connectivity index (χ1n) is 11.3. The zero-order valence-corrected chi connectivity index (χ0v) is 18.5. The fraction of sp³-hybridized carbons (Fsp3) is 0.280. The van der Waals surface area contributed by atoms with Crippen molar-refractivity contribution in [1.82, 2.24) is 24.8 Å². The topological polar surface area (TPSA) is 96.8 Å². The van der Waals surface area contributed by atoms with Gasteiger partial charge in [0.2, 0.25) is 11.9 Å². The molecule has 1 unspecified atom stereocenters. The van der Waals surface area contributed by atoms with E-state index in [4.69, 9.17) is 0 Å². The van der Waals surface area contributed by atoms with Crippen molar-refractivity contribution in [2.45, 2.75) is 25.8 Å². The third-order valence-electron chi connectivity index (χ3n) is 6.06. The van der Waals surface area contributed by atoms with E-state index in [9.17, 15) is 4.79 Å². The Balaban J connectivity index is 1.34. The predicted octanol–water partition coefficient (Wildman–Crippen LogP) is 3.93. The van der Waals surface area contributed by atoms with E-state index in [-0.39, 0.29) is 17.9 Å². The van der Waals surface area contributed by atoms with Crippen LogP contribution in [0.4, 0.5) is 11.6 Å². The largest absolute Gasteiger partial charge is 0.348 e.